The van der Waals surface area contributed by atoms with Crippen LogP contribution in [0.5, 0.6) is 0 Å². The Bertz CT molecular complexity index is 492. The Labute approximate surface area is 109 Å². The second kappa shape index (κ2) is 5.07. The molecule has 0 radical (unpaired) electrons. The summed E-state index contributed by atoms with van der Waals surface area (Å²) < 4.78 is 39.2. The normalized spacial score (nSPS) is 15.1. The number of rotatable bonds is 5. The highest BCUT2D eigenvalue weighted by atomic mass is 19.4. The first-order valence-electron chi connectivity index (χ1n) is 6.01. The van der Waals surface area contributed by atoms with Crippen molar-refractivity contribution >= 4 is 12.0 Å². The molecule has 2 rings (SSSR count). The van der Waals surface area contributed by atoms with E-state index in [2.05, 4.69) is 6.58 Å². The lowest BCUT2D eigenvalue weighted by Gasteiger charge is -2.26. The van der Waals surface area contributed by atoms with Crippen LogP contribution in [0.15, 0.2) is 30.9 Å². The fraction of sp³-hybridized carbons (Fsp3) is 0.357. The molecular formula is C14H14F3NO. The number of carbonyl (C=O) groups is 1. The van der Waals surface area contributed by atoms with E-state index in [0.717, 1.165) is 18.9 Å². The van der Waals surface area contributed by atoms with Gasteiger partial charge in [-0.2, -0.15) is 13.2 Å². The summed E-state index contributed by atoms with van der Waals surface area (Å²) in [7, 11) is 0. The Kier molecular flexibility index (Phi) is 3.64. The van der Waals surface area contributed by atoms with Gasteiger partial charge in [0.1, 0.15) is 6.29 Å². The van der Waals surface area contributed by atoms with E-state index in [9.17, 15) is 18.0 Å². The minimum absolute atomic E-state index is 0.0328. The highest BCUT2D eigenvalue weighted by Crippen LogP contribution is 2.40. The summed E-state index contributed by atoms with van der Waals surface area (Å²) in [5.41, 5.74) is -0.600. The van der Waals surface area contributed by atoms with E-state index in [1.165, 1.54) is 12.1 Å². The van der Waals surface area contributed by atoms with Gasteiger partial charge in [-0.15, -0.1) is 6.58 Å². The Morgan fingerprint density at radius 2 is 2.05 bits per heavy atom. The van der Waals surface area contributed by atoms with Gasteiger partial charge >= 0.3 is 6.18 Å². The highest BCUT2D eigenvalue weighted by molar-refractivity contribution is 5.77. The first kappa shape index (κ1) is 13.6. The van der Waals surface area contributed by atoms with Crippen LogP contribution in [-0.2, 0) is 6.18 Å². The van der Waals surface area contributed by atoms with Crippen molar-refractivity contribution in [3.8, 4) is 0 Å². The predicted octanol–water partition coefficient (Wildman–Crippen LogP) is 3.67. The molecule has 0 N–H and O–H groups in total. The van der Waals surface area contributed by atoms with Gasteiger partial charge in [-0.1, -0.05) is 6.08 Å². The van der Waals surface area contributed by atoms with E-state index in [0.29, 0.717) is 12.8 Å². The van der Waals surface area contributed by atoms with Crippen LogP contribution in [0, 0.1) is 0 Å². The molecule has 102 valence electrons. The van der Waals surface area contributed by atoms with Gasteiger partial charge in [0, 0.05) is 23.8 Å². The first-order chi connectivity index (χ1) is 8.97. The smallest absolute Gasteiger partial charge is 0.364 e. The lowest BCUT2D eigenvalue weighted by molar-refractivity contribution is -0.137. The van der Waals surface area contributed by atoms with Crippen molar-refractivity contribution in [2.75, 3.05) is 11.4 Å². The molecular weight excluding hydrogens is 255 g/mol. The van der Waals surface area contributed by atoms with Crippen LogP contribution in [0.2, 0.25) is 0 Å². The summed E-state index contributed by atoms with van der Waals surface area (Å²) in [6, 6.07) is 3.83. The third kappa shape index (κ3) is 2.97. The van der Waals surface area contributed by atoms with Crippen LogP contribution in [0.4, 0.5) is 18.9 Å². The van der Waals surface area contributed by atoms with Gasteiger partial charge < -0.3 is 4.90 Å². The quantitative estimate of drug-likeness (QED) is 0.600. The molecule has 1 saturated carbocycles. The van der Waals surface area contributed by atoms with Crippen LogP contribution in [0.25, 0.3) is 0 Å². The molecule has 0 atom stereocenters. The molecule has 2 nitrogen and oxygen atoms in total. The predicted molar refractivity (Wildman–Crippen MR) is 67.4 cm³/mol. The lowest BCUT2D eigenvalue weighted by Crippen LogP contribution is -2.28. The van der Waals surface area contributed by atoms with Crippen LogP contribution < -0.4 is 4.90 Å². The molecule has 1 fully saturated rings. The van der Waals surface area contributed by atoms with E-state index < -0.39 is 11.7 Å². The van der Waals surface area contributed by atoms with E-state index in [1.807, 2.05) is 0 Å². The zero-order chi connectivity index (χ0) is 14.0. The van der Waals surface area contributed by atoms with Gasteiger partial charge in [-0.3, -0.25) is 4.79 Å². The van der Waals surface area contributed by atoms with Crippen LogP contribution >= 0.6 is 0 Å². The van der Waals surface area contributed by atoms with Crippen molar-refractivity contribution in [2.24, 2.45) is 0 Å². The van der Waals surface area contributed by atoms with Crippen LogP contribution in [0.1, 0.15) is 28.8 Å². The van der Waals surface area contributed by atoms with E-state index in [4.69, 9.17) is 0 Å². The minimum Gasteiger partial charge on any atom is -0.364 e. The summed E-state index contributed by atoms with van der Waals surface area (Å²) in [6.45, 7) is 3.95. The van der Waals surface area contributed by atoms with Gasteiger partial charge in [0.15, 0.2) is 0 Å². The first-order valence-corrected chi connectivity index (χ1v) is 6.01. The summed E-state index contributed by atoms with van der Waals surface area (Å²) in [4.78, 5) is 12.3. The Hall–Kier alpha value is -1.78. The van der Waals surface area contributed by atoms with Gasteiger partial charge in [0.25, 0.3) is 0 Å². The maximum atomic E-state index is 13.1. The zero-order valence-corrected chi connectivity index (χ0v) is 10.3. The summed E-state index contributed by atoms with van der Waals surface area (Å²) in [5, 5.41) is 0. The summed E-state index contributed by atoms with van der Waals surface area (Å²) in [6.07, 6.45) is -0.677. The van der Waals surface area contributed by atoms with Crippen molar-refractivity contribution < 1.29 is 18.0 Å². The van der Waals surface area contributed by atoms with E-state index in [1.54, 1.807) is 11.0 Å². The average Bonchev–Trinajstić information content (AvgIpc) is 3.18. The van der Waals surface area contributed by atoms with Gasteiger partial charge in [-0.25, -0.2) is 0 Å². The molecule has 19 heavy (non-hydrogen) atoms. The van der Waals surface area contributed by atoms with Crippen molar-refractivity contribution in [2.45, 2.75) is 25.1 Å². The van der Waals surface area contributed by atoms with Crippen LogP contribution in [0.3, 0.4) is 0 Å². The SMILES string of the molecule is C=CCN(c1ccc(C=O)cc1C(F)(F)F)C1CC1. The van der Waals surface area contributed by atoms with Gasteiger partial charge in [0.2, 0.25) is 0 Å². The average molecular weight is 269 g/mol. The van der Waals surface area contributed by atoms with Crippen molar-refractivity contribution in [1.82, 2.24) is 0 Å². The molecule has 0 amide bonds. The third-order valence-corrected chi connectivity index (χ3v) is 3.08. The molecule has 0 spiro atoms. The van der Waals surface area contributed by atoms with Gasteiger partial charge in [-0.05, 0) is 31.0 Å². The van der Waals surface area contributed by atoms with Crippen molar-refractivity contribution in [1.29, 1.82) is 0 Å². The number of nitrogens with zero attached hydrogens (tertiary/aromatic N) is 1. The molecule has 0 saturated heterocycles. The Morgan fingerprint density at radius 1 is 1.37 bits per heavy atom. The number of hydrogen-bond donors (Lipinski definition) is 0. The maximum Gasteiger partial charge on any atom is 0.418 e. The highest BCUT2D eigenvalue weighted by Gasteiger charge is 2.38. The molecule has 1 aliphatic carbocycles. The Balaban J connectivity index is 2.47. The standard InChI is InChI=1S/C14H14F3NO/c1-2-7-18(11-4-5-11)13-6-3-10(9-19)8-12(13)14(15,16)17/h2-3,6,8-9,11H,1,4-5,7H2. The molecule has 0 aliphatic heterocycles. The summed E-state index contributed by atoms with van der Waals surface area (Å²) >= 11 is 0. The molecule has 0 bridgehead atoms. The number of alkyl halides is 3. The van der Waals surface area contributed by atoms with Gasteiger partial charge in [0.05, 0.1) is 5.56 Å². The number of anilines is 1. The minimum atomic E-state index is -4.47. The van der Waals surface area contributed by atoms with Crippen LogP contribution in [-0.4, -0.2) is 18.9 Å². The number of halogens is 3. The molecule has 0 aromatic heterocycles. The van der Waals surface area contributed by atoms with E-state index in [-0.39, 0.29) is 17.3 Å². The number of aldehydes is 1. The number of carbonyl (C=O) groups excluding carboxylic acids is 1. The molecule has 1 aromatic carbocycles. The second-order valence-electron chi connectivity index (χ2n) is 4.56. The van der Waals surface area contributed by atoms with Crippen molar-refractivity contribution in [3.63, 3.8) is 0 Å². The third-order valence-electron chi connectivity index (χ3n) is 3.08. The largest absolute Gasteiger partial charge is 0.418 e. The second-order valence-corrected chi connectivity index (χ2v) is 4.56. The topological polar surface area (TPSA) is 20.3 Å². The fourth-order valence-corrected chi connectivity index (χ4v) is 2.07. The lowest BCUT2D eigenvalue weighted by atomic mass is 10.1. The molecule has 0 unspecified atom stereocenters. The van der Waals surface area contributed by atoms with Crippen molar-refractivity contribution in [3.05, 3.63) is 42.0 Å². The molecule has 1 aromatic rings. The Morgan fingerprint density at radius 3 is 2.53 bits per heavy atom. The molecule has 1 aliphatic rings. The fourth-order valence-electron chi connectivity index (χ4n) is 2.07. The number of hydrogen-bond acceptors (Lipinski definition) is 2. The number of benzene rings is 1. The van der Waals surface area contributed by atoms with E-state index >= 15 is 0 Å². The maximum absolute atomic E-state index is 13.1. The zero-order valence-electron chi connectivity index (χ0n) is 10.3. The summed E-state index contributed by atoms with van der Waals surface area (Å²) in [5.74, 6) is 0. The molecule has 5 heteroatoms. The monoisotopic (exact) mass is 269 g/mol. The molecule has 0 heterocycles.